The largest absolute Gasteiger partial charge is 0.465 e. The van der Waals surface area contributed by atoms with Gasteiger partial charge in [0.2, 0.25) is 5.91 Å². The van der Waals surface area contributed by atoms with Gasteiger partial charge in [0.15, 0.2) is 0 Å². The molecule has 19 heavy (non-hydrogen) atoms. The van der Waals surface area contributed by atoms with Crippen molar-refractivity contribution in [1.82, 2.24) is 5.32 Å². The molecule has 0 aliphatic rings. The predicted octanol–water partition coefficient (Wildman–Crippen LogP) is 0.628. The number of nitrogens with zero attached hydrogens (tertiary/aromatic N) is 1. The molecule has 6 heteroatoms. The number of nitrogens with two attached hydrogens (primary N) is 1. The van der Waals surface area contributed by atoms with E-state index >= 15 is 0 Å². The molecule has 0 heterocycles. The Morgan fingerprint density at radius 2 is 2.11 bits per heavy atom. The van der Waals surface area contributed by atoms with Crippen molar-refractivity contribution in [3.05, 3.63) is 23.8 Å². The number of methoxy groups -OCH3 is 1. The summed E-state index contributed by atoms with van der Waals surface area (Å²) < 4.78 is 4.62. The number of anilines is 2. The highest BCUT2D eigenvalue weighted by Crippen LogP contribution is 2.23. The number of likely N-dealkylation sites (N-methyl/N-ethyl adjacent to an activating group) is 2. The van der Waals surface area contributed by atoms with Crippen LogP contribution < -0.4 is 16.0 Å². The molecule has 104 valence electrons. The van der Waals surface area contributed by atoms with E-state index < -0.39 is 5.97 Å². The number of ether oxygens (including phenoxy) is 1. The molecule has 0 unspecified atom stereocenters. The molecule has 1 amide bonds. The number of nitrogens with one attached hydrogen (secondary N) is 1. The minimum Gasteiger partial charge on any atom is -0.465 e. The molecule has 0 spiro atoms. The second kappa shape index (κ2) is 6.63. The molecule has 6 nitrogen and oxygen atoms in total. The van der Waals surface area contributed by atoms with Crippen LogP contribution in [0, 0.1) is 0 Å². The molecule has 0 radical (unpaired) electrons. The van der Waals surface area contributed by atoms with Crippen LogP contribution >= 0.6 is 0 Å². The molecule has 0 bridgehead atoms. The molecular weight excluding hydrogens is 246 g/mol. The highest BCUT2D eigenvalue weighted by atomic mass is 16.5. The van der Waals surface area contributed by atoms with Gasteiger partial charge in [0.05, 0.1) is 30.6 Å². The molecule has 0 fully saturated rings. The molecular formula is C13H19N3O3. The van der Waals surface area contributed by atoms with Crippen molar-refractivity contribution < 1.29 is 14.3 Å². The molecule has 0 saturated carbocycles. The number of nitrogen functional groups attached to an aromatic ring is 1. The number of amides is 1. The van der Waals surface area contributed by atoms with Crippen LogP contribution in [-0.4, -0.2) is 39.1 Å². The second-order valence-corrected chi connectivity index (χ2v) is 4.07. The average Bonchev–Trinajstić information content (AvgIpc) is 2.37. The number of esters is 1. The van der Waals surface area contributed by atoms with Crippen LogP contribution in [0.5, 0.6) is 0 Å². The normalized spacial score (nSPS) is 9.84. The summed E-state index contributed by atoms with van der Waals surface area (Å²) in [4.78, 5) is 24.6. The van der Waals surface area contributed by atoms with Crippen LogP contribution in [0.2, 0.25) is 0 Å². The molecule has 0 atom stereocenters. The molecule has 1 aromatic rings. The van der Waals surface area contributed by atoms with Crippen molar-refractivity contribution in [3.8, 4) is 0 Å². The van der Waals surface area contributed by atoms with Gasteiger partial charge in [0.25, 0.3) is 0 Å². The Morgan fingerprint density at radius 3 is 2.63 bits per heavy atom. The maximum Gasteiger partial charge on any atom is 0.337 e. The van der Waals surface area contributed by atoms with Crippen molar-refractivity contribution in [3.63, 3.8) is 0 Å². The summed E-state index contributed by atoms with van der Waals surface area (Å²) in [7, 11) is 3.08. The summed E-state index contributed by atoms with van der Waals surface area (Å²) in [5.74, 6) is -0.522. The minimum atomic E-state index is -0.440. The Kier molecular flexibility index (Phi) is 5.17. The molecule has 3 N–H and O–H groups in total. The zero-order valence-corrected chi connectivity index (χ0v) is 11.4. The fraction of sp³-hybridized carbons (Fsp3) is 0.385. The first kappa shape index (κ1) is 14.8. The van der Waals surface area contributed by atoms with E-state index in [2.05, 4.69) is 10.1 Å². The molecule has 0 aliphatic carbocycles. The Bertz CT molecular complexity index is 474. The van der Waals surface area contributed by atoms with E-state index in [1.807, 2.05) is 6.92 Å². The van der Waals surface area contributed by atoms with Gasteiger partial charge >= 0.3 is 5.97 Å². The zero-order chi connectivity index (χ0) is 14.4. The van der Waals surface area contributed by atoms with E-state index in [4.69, 9.17) is 5.73 Å². The van der Waals surface area contributed by atoms with Gasteiger partial charge in [-0.05, 0) is 25.1 Å². The third-order valence-corrected chi connectivity index (χ3v) is 2.61. The van der Waals surface area contributed by atoms with Gasteiger partial charge < -0.3 is 20.7 Å². The molecule has 1 rings (SSSR count). The van der Waals surface area contributed by atoms with Crippen LogP contribution in [0.15, 0.2) is 18.2 Å². The second-order valence-electron chi connectivity index (χ2n) is 4.07. The van der Waals surface area contributed by atoms with Crippen molar-refractivity contribution in [1.29, 1.82) is 0 Å². The van der Waals surface area contributed by atoms with E-state index in [-0.39, 0.29) is 12.5 Å². The van der Waals surface area contributed by atoms with Crippen molar-refractivity contribution >= 4 is 23.3 Å². The highest BCUT2D eigenvalue weighted by molar-refractivity contribution is 5.92. The smallest absolute Gasteiger partial charge is 0.337 e. The van der Waals surface area contributed by atoms with Crippen LogP contribution in [0.4, 0.5) is 11.4 Å². The van der Waals surface area contributed by atoms with Gasteiger partial charge in [0, 0.05) is 13.6 Å². The summed E-state index contributed by atoms with van der Waals surface area (Å²) in [6, 6.07) is 4.85. The third kappa shape index (κ3) is 3.87. The fourth-order valence-corrected chi connectivity index (χ4v) is 1.70. The third-order valence-electron chi connectivity index (χ3n) is 2.61. The lowest BCUT2D eigenvalue weighted by Gasteiger charge is -2.20. The molecule has 0 aromatic heterocycles. The lowest BCUT2D eigenvalue weighted by atomic mass is 10.1. The van der Waals surface area contributed by atoms with Crippen molar-refractivity contribution in [2.24, 2.45) is 0 Å². The number of rotatable bonds is 5. The maximum atomic E-state index is 11.5. The first-order valence-electron chi connectivity index (χ1n) is 5.95. The number of carbonyl (C=O) groups is 2. The highest BCUT2D eigenvalue weighted by Gasteiger charge is 2.12. The van der Waals surface area contributed by atoms with E-state index in [0.717, 1.165) is 0 Å². The van der Waals surface area contributed by atoms with Gasteiger partial charge in [-0.2, -0.15) is 0 Å². The van der Waals surface area contributed by atoms with E-state index in [9.17, 15) is 9.59 Å². The summed E-state index contributed by atoms with van der Waals surface area (Å²) in [6.07, 6.45) is 0. The lowest BCUT2D eigenvalue weighted by Crippen LogP contribution is -2.35. The van der Waals surface area contributed by atoms with Gasteiger partial charge in [-0.1, -0.05) is 0 Å². The quantitative estimate of drug-likeness (QED) is 0.602. The molecule has 0 saturated heterocycles. The molecule has 0 aliphatic heterocycles. The Labute approximate surface area is 112 Å². The van der Waals surface area contributed by atoms with Gasteiger partial charge in [-0.3, -0.25) is 4.79 Å². The Morgan fingerprint density at radius 1 is 1.42 bits per heavy atom. The maximum absolute atomic E-state index is 11.5. The fourth-order valence-electron chi connectivity index (χ4n) is 1.70. The SMILES string of the molecule is CCNC(=O)CN(C)c1ccc(C(=O)OC)cc1N. The van der Waals surface area contributed by atoms with Crippen LogP contribution in [0.3, 0.4) is 0 Å². The molecule has 1 aromatic carbocycles. The van der Waals surface area contributed by atoms with E-state index in [1.165, 1.54) is 13.2 Å². The number of hydrogen-bond acceptors (Lipinski definition) is 5. The topological polar surface area (TPSA) is 84.7 Å². The van der Waals surface area contributed by atoms with Crippen molar-refractivity contribution in [2.75, 3.05) is 37.9 Å². The Hall–Kier alpha value is -2.24. The monoisotopic (exact) mass is 265 g/mol. The summed E-state index contributed by atoms with van der Waals surface area (Å²) in [6.45, 7) is 2.65. The minimum absolute atomic E-state index is 0.0820. The van der Waals surface area contributed by atoms with E-state index in [1.54, 1.807) is 24.1 Å². The number of benzene rings is 1. The first-order valence-corrected chi connectivity index (χ1v) is 5.95. The zero-order valence-electron chi connectivity index (χ0n) is 11.4. The van der Waals surface area contributed by atoms with Crippen LogP contribution in [0.25, 0.3) is 0 Å². The van der Waals surface area contributed by atoms with Crippen LogP contribution in [0.1, 0.15) is 17.3 Å². The van der Waals surface area contributed by atoms with Gasteiger partial charge in [-0.15, -0.1) is 0 Å². The van der Waals surface area contributed by atoms with E-state index in [0.29, 0.717) is 23.5 Å². The summed E-state index contributed by atoms with van der Waals surface area (Å²) >= 11 is 0. The van der Waals surface area contributed by atoms with Gasteiger partial charge in [-0.25, -0.2) is 4.79 Å². The number of carbonyl (C=O) groups excluding carboxylic acids is 2. The summed E-state index contributed by atoms with van der Waals surface area (Å²) in [5, 5.41) is 2.71. The Balaban J connectivity index is 2.84. The number of hydrogen-bond donors (Lipinski definition) is 2. The summed E-state index contributed by atoms with van der Waals surface area (Å²) in [5.41, 5.74) is 7.39. The predicted molar refractivity (Wildman–Crippen MR) is 74.1 cm³/mol. The van der Waals surface area contributed by atoms with Crippen LogP contribution in [-0.2, 0) is 9.53 Å². The average molecular weight is 265 g/mol. The van der Waals surface area contributed by atoms with Crippen molar-refractivity contribution in [2.45, 2.75) is 6.92 Å². The van der Waals surface area contributed by atoms with Gasteiger partial charge in [0.1, 0.15) is 0 Å². The standard InChI is InChI=1S/C13H19N3O3/c1-4-15-12(17)8-16(2)11-6-5-9(7-10(11)14)13(18)19-3/h5-7H,4,8,14H2,1-3H3,(H,15,17). The first-order chi connectivity index (χ1) is 8.99. The lowest BCUT2D eigenvalue weighted by molar-refractivity contribution is -0.119.